The van der Waals surface area contributed by atoms with Crippen molar-refractivity contribution in [2.75, 3.05) is 6.61 Å². The Morgan fingerprint density at radius 1 is 1.29 bits per heavy atom. The van der Waals surface area contributed by atoms with Crippen molar-refractivity contribution >= 4 is 16.8 Å². The van der Waals surface area contributed by atoms with Gasteiger partial charge >= 0.3 is 0 Å². The van der Waals surface area contributed by atoms with Crippen LogP contribution < -0.4 is 15.6 Å². The van der Waals surface area contributed by atoms with Crippen molar-refractivity contribution in [2.45, 2.75) is 51.1 Å². The van der Waals surface area contributed by atoms with E-state index in [1.165, 1.54) is 12.8 Å². The number of nitrogens with one attached hydrogen (secondary N) is 1. The number of aromatic nitrogens is 2. The summed E-state index contributed by atoms with van der Waals surface area (Å²) in [5.74, 6) is 1.28. The largest absolute Gasteiger partial charge is 0.484 e. The number of carbonyl (C=O) groups excluding carboxylic acids is 1. The maximum atomic E-state index is 12.5. The van der Waals surface area contributed by atoms with Crippen molar-refractivity contribution in [3.05, 3.63) is 34.4 Å². The van der Waals surface area contributed by atoms with Gasteiger partial charge in [-0.15, -0.1) is 0 Å². The SMILES string of the molecule is O=C(COc1ccc2nc3n(c(=O)c2c1)CCC3)NC1CCCC1. The molecule has 126 valence electrons. The van der Waals surface area contributed by atoms with E-state index in [4.69, 9.17) is 4.74 Å². The molecule has 0 spiro atoms. The molecule has 2 heterocycles. The summed E-state index contributed by atoms with van der Waals surface area (Å²) in [7, 11) is 0. The molecular weight excluding hydrogens is 306 g/mol. The van der Waals surface area contributed by atoms with Crippen molar-refractivity contribution in [3.63, 3.8) is 0 Å². The number of hydrogen-bond donors (Lipinski definition) is 1. The van der Waals surface area contributed by atoms with Crippen molar-refractivity contribution < 1.29 is 9.53 Å². The molecule has 6 nitrogen and oxygen atoms in total. The quantitative estimate of drug-likeness (QED) is 0.929. The minimum absolute atomic E-state index is 0.0200. The lowest BCUT2D eigenvalue weighted by atomic mass is 10.2. The molecule has 1 saturated carbocycles. The second-order valence-corrected chi connectivity index (χ2v) is 6.60. The number of carbonyl (C=O) groups is 1. The minimum atomic E-state index is -0.106. The fourth-order valence-corrected chi connectivity index (χ4v) is 3.64. The van der Waals surface area contributed by atoms with Crippen LogP contribution in [-0.2, 0) is 17.8 Å². The Labute approximate surface area is 139 Å². The van der Waals surface area contributed by atoms with Crippen LogP contribution in [0, 0.1) is 0 Å². The van der Waals surface area contributed by atoms with E-state index in [2.05, 4.69) is 10.3 Å². The molecule has 1 fully saturated rings. The fourth-order valence-electron chi connectivity index (χ4n) is 3.64. The first kappa shape index (κ1) is 15.2. The monoisotopic (exact) mass is 327 g/mol. The topological polar surface area (TPSA) is 73.2 Å². The first-order valence-corrected chi connectivity index (χ1v) is 8.66. The fraction of sp³-hybridized carbons (Fsp3) is 0.500. The van der Waals surface area contributed by atoms with Gasteiger partial charge in [-0.2, -0.15) is 0 Å². The molecule has 0 saturated heterocycles. The highest BCUT2D eigenvalue weighted by Gasteiger charge is 2.18. The zero-order valence-electron chi connectivity index (χ0n) is 13.6. The highest BCUT2D eigenvalue weighted by Crippen LogP contribution is 2.20. The lowest BCUT2D eigenvalue weighted by Crippen LogP contribution is -2.36. The Bertz CT molecular complexity index is 837. The summed E-state index contributed by atoms with van der Waals surface area (Å²) in [5, 5.41) is 3.54. The van der Waals surface area contributed by atoms with Crippen LogP contribution in [0.25, 0.3) is 10.9 Å². The van der Waals surface area contributed by atoms with E-state index < -0.39 is 0 Å². The van der Waals surface area contributed by atoms with E-state index in [1.54, 1.807) is 22.8 Å². The van der Waals surface area contributed by atoms with Gasteiger partial charge in [-0.05, 0) is 37.5 Å². The van der Waals surface area contributed by atoms with Gasteiger partial charge in [0.15, 0.2) is 6.61 Å². The van der Waals surface area contributed by atoms with Gasteiger partial charge in [-0.25, -0.2) is 4.98 Å². The van der Waals surface area contributed by atoms with Crippen molar-refractivity contribution in [1.82, 2.24) is 14.9 Å². The maximum absolute atomic E-state index is 12.5. The molecule has 1 aromatic carbocycles. The van der Waals surface area contributed by atoms with Crippen LogP contribution in [-0.4, -0.2) is 28.1 Å². The molecule has 1 N–H and O–H groups in total. The molecule has 24 heavy (non-hydrogen) atoms. The Balaban J connectivity index is 1.48. The Morgan fingerprint density at radius 3 is 2.96 bits per heavy atom. The van der Waals surface area contributed by atoms with Gasteiger partial charge in [0, 0.05) is 19.0 Å². The molecule has 1 aliphatic carbocycles. The number of ether oxygens (including phenoxy) is 1. The third-order valence-electron chi connectivity index (χ3n) is 4.88. The van der Waals surface area contributed by atoms with Crippen LogP contribution in [0.3, 0.4) is 0 Å². The average Bonchev–Trinajstić information content (AvgIpc) is 3.25. The molecule has 1 aliphatic heterocycles. The summed E-state index contributed by atoms with van der Waals surface area (Å²) in [6.07, 6.45) is 6.27. The van der Waals surface area contributed by atoms with Crippen LogP contribution in [0.4, 0.5) is 0 Å². The van der Waals surface area contributed by atoms with Crippen LogP contribution in [0.2, 0.25) is 0 Å². The molecule has 0 radical (unpaired) electrons. The van der Waals surface area contributed by atoms with Gasteiger partial charge < -0.3 is 10.1 Å². The summed E-state index contributed by atoms with van der Waals surface area (Å²) in [6.45, 7) is 0.702. The molecule has 0 bridgehead atoms. The van der Waals surface area contributed by atoms with Gasteiger partial charge in [0.1, 0.15) is 11.6 Å². The number of rotatable bonds is 4. The van der Waals surface area contributed by atoms with E-state index in [-0.39, 0.29) is 24.1 Å². The Kier molecular flexibility index (Phi) is 3.96. The number of fused-ring (bicyclic) bond motifs is 2. The van der Waals surface area contributed by atoms with Crippen LogP contribution in [0.15, 0.2) is 23.0 Å². The highest BCUT2D eigenvalue weighted by molar-refractivity contribution is 5.80. The summed E-state index contributed by atoms with van der Waals surface area (Å²) in [4.78, 5) is 29.0. The zero-order valence-corrected chi connectivity index (χ0v) is 13.6. The number of amides is 1. The lowest BCUT2D eigenvalue weighted by molar-refractivity contribution is -0.123. The second kappa shape index (κ2) is 6.26. The summed E-state index contributed by atoms with van der Waals surface area (Å²) < 4.78 is 7.31. The van der Waals surface area contributed by atoms with Gasteiger partial charge in [0.05, 0.1) is 10.9 Å². The van der Waals surface area contributed by atoms with Gasteiger partial charge in [0.25, 0.3) is 11.5 Å². The maximum Gasteiger partial charge on any atom is 0.261 e. The third-order valence-corrected chi connectivity index (χ3v) is 4.88. The number of aryl methyl sites for hydroxylation is 1. The highest BCUT2D eigenvalue weighted by atomic mass is 16.5. The normalized spacial score (nSPS) is 17.2. The van der Waals surface area contributed by atoms with Gasteiger partial charge in [-0.1, -0.05) is 12.8 Å². The van der Waals surface area contributed by atoms with E-state index >= 15 is 0 Å². The first-order chi connectivity index (χ1) is 11.7. The number of benzene rings is 1. The molecule has 0 unspecified atom stereocenters. The van der Waals surface area contributed by atoms with Crippen LogP contribution in [0.5, 0.6) is 5.75 Å². The third kappa shape index (κ3) is 2.88. The molecule has 2 aliphatic rings. The predicted molar refractivity (Wildman–Crippen MR) is 90.2 cm³/mol. The molecule has 4 rings (SSSR count). The molecule has 6 heteroatoms. The van der Waals surface area contributed by atoms with Crippen LogP contribution >= 0.6 is 0 Å². The molecule has 2 aromatic rings. The van der Waals surface area contributed by atoms with Crippen LogP contribution in [0.1, 0.15) is 37.9 Å². The minimum Gasteiger partial charge on any atom is -0.484 e. The first-order valence-electron chi connectivity index (χ1n) is 8.66. The summed E-state index contributed by atoms with van der Waals surface area (Å²) in [5.41, 5.74) is 0.671. The Hall–Kier alpha value is -2.37. The second-order valence-electron chi connectivity index (χ2n) is 6.60. The van der Waals surface area contributed by atoms with E-state index in [1.807, 2.05) is 0 Å². The Morgan fingerprint density at radius 2 is 2.12 bits per heavy atom. The standard InChI is InChI=1S/C18H21N3O3/c22-17(19-12-4-1-2-5-12)11-24-13-7-8-15-14(10-13)18(23)21-9-3-6-16(21)20-15/h7-8,10,12H,1-6,9,11H2,(H,19,22). The number of hydrogen-bond acceptors (Lipinski definition) is 4. The molecule has 1 aromatic heterocycles. The van der Waals surface area contributed by atoms with Crippen molar-refractivity contribution in [1.29, 1.82) is 0 Å². The number of nitrogens with zero attached hydrogens (tertiary/aromatic N) is 2. The predicted octanol–water partition coefficient (Wildman–Crippen LogP) is 1.78. The van der Waals surface area contributed by atoms with Gasteiger partial charge in [-0.3, -0.25) is 14.2 Å². The summed E-state index contributed by atoms with van der Waals surface area (Å²) >= 11 is 0. The molecule has 0 atom stereocenters. The molecule has 1 amide bonds. The van der Waals surface area contributed by atoms with E-state index in [9.17, 15) is 9.59 Å². The zero-order chi connectivity index (χ0) is 16.5. The van der Waals surface area contributed by atoms with Crippen molar-refractivity contribution in [3.8, 4) is 5.75 Å². The average molecular weight is 327 g/mol. The van der Waals surface area contributed by atoms with E-state index in [0.29, 0.717) is 16.7 Å². The lowest BCUT2D eigenvalue weighted by Gasteiger charge is -2.13. The summed E-state index contributed by atoms with van der Waals surface area (Å²) in [6, 6.07) is 5.54. The van der Waals surface area contributed by atoms with Crippen molar-refractivity contribution in [2.24, 2.45) is 0 Å². The smallest absolute Gasteiger partial charge is 0.261 e. The van der Waals surface area contributed by atoms with Gasteiger partial charge in [0.2, 0.25) is 0 Å². The molecular formula is C18H21N3O3. The van der Waals surface area contributed by atoms with E-state index in [0.717, 1.165) is 38.1 Å².